The van der Waals surface area contributed by atoms with Crippen LogP contribution in [0.1, 0.15) is 19.7 Å². The van der Waals surface area contributed by atoms with E-state index in [9.17, 15) is 0 Å². The summed E-state index contributed by atoms with van der Waals surface area (Å²) < 4.78 is 0. The van der Waals surface area contributed by atoms with Crippen LogP contribution in [-0.4, -0.2) is 28.0 Å². The van der Waals surface area contributed by atoms with Crippen LogP contribution in [0.5, 0.6) is 0 Å². The lowest BCUT2D eigenvalue weighted by Gasteiger charge is -2.12. The van der Waals surface area contributed by atoms with Gasteiger partial charge in [-0.25, -0.2) is 15.8 Å². The van der Waals surface area contributed by atoms with Crippen molar-refractivity contribution in [3.05, 3.63) is 11.9 Å². The first kappa shape index (κ1) is 13.1. The number of aromatic nitrogens is 2. The molecule has 0 aliphatic heterocycles. The third-order valence-corrected chi connectivity index (χ3v) is 3.18. The summed E-state index contributed by atoms with van der Waals surface area (Å²) in [6.45, 7) is 5.07. The number of rotatable bonds is 6. The summed E-state index contributed by atoms with van der Waals surface area (Å²) in [6.07, 6.45) is 2.89. The van der Waals surface area contributed by atoms with Crippen molar-refractivity contribution in [2.45, 2.75) is 25.5 Å². The topological polar surface area (TPSA) is 75.9 Å². The molecular formula is C10H19N5S. The average Bonchev–Trinajstić information content (AvgIpc) is 2.35. The highest BCUT2D eigenvalue weighted by Gasteiger charge is 2.04. The smallest absolute Gasteiger partial charge is 0.145 e. The maximum Gasteiger partial charge on any atom is 0.145 e. The maximum absolute atomic E-state index is 5.35. The first-order chi connectivity index (χ1) is 7.69. The number of aryl methyl sites for hydroxylation is 1. The minimum atomic E-state index is 0.550. The molecule has 1 atom stereocenters. The molecule has 1 heterocycles. The second-order valence-electron chi connectivity index (χ2n) is 3.48. The van der Waals surface area contributed by atoms with Crippen molar-refractivity contribution in [3.63, 3.8) is 0 Å². The van der Waals surface area contributed by atoms with Crippen molar-refractivity contribution in [2.24, 2.45) is 5.84 Å². The summed E-state index contributed by atoms with van der Waals surface area (Å²) >= 11 is 1.82. The Bertz CT molecular complexity index is 309. The van der Waals surface area contributed by atoms with E-state index in [4.69, 9.17) is 5.84 Å². The zero-order chi connectivity index (χ0) is 12.0. The lowest BCUT2D eigenvalue weighted by molar-refractivity contribution is 0.921. The number of nitrogens with zero attached hydrogens (tertiary/aromatic N) is 2. The second-order valence-corrected chi connectivity index (χ2v) is 4.76. The summed E-state index contributed by atoms with van der Waals surface area (Å²) in [7, 11) is 0. The van der Waals surface area contributed by atoms with E-state index in [1.54, 1.807) is 0 Å². The first-order valence-electron chi connectivity index (χ1n) is 5.30. The van der Waals surface area contributed by atoms with Gasteiger partial charge in [-0.3, -0.25) is 0 Å². The van der Waals surface area contributed by atoms with Crippen molar-refractivity contribution in [2.75, 3.05) is 23.5 Å². The predicted molar refractivity (Wildman–Crippen MR) is 70.7 cm³/mol. The lowest BCUT2D eigenvalue weighted by Crippen LogP contribution is -2.16. The van der Waals surface area contributed by atoms with Gasteiger partial charge in [-0.05, 0) is 6.26 Å². The highest BCUT2D eigenvalue weighted by atomic mass is 32.2. The van der Waals surface area contributed by atoms with Gasteiger partial charge in [-0.2, -0.15) is 11.8 Å². The van der Waals surface area contributed by atoms with Gasteiger partial charge < -0.3 is 10.7 Å². The average molecular weight is 241 g/mol. The summed E-state index contributed by atoms with van der Waals surface area (Å²) in [5, 5.41) is 3.83. The Labute approximate surface area is 101 Å². The second kappa shape index (κ2) is 6.55. The summed E-state index contributed by atoms with van der Waals surface area (Å²) in [5.74, 6) is 7.60. The lowest BCUT2D eigenvalue weighted by atomic mass is 10.4. The fraction of sp³-hybridized carbons (Fsp3) is 0.600. The highest BCUT2D eigenvalue weighted by molar-refractivity contribution is 7.99. The normalized spacial score (nSPS) is 12.2. The van der Waals surface area contributed by atoms with E-state index in [2.05, 4.69) is 33.9 Å². The summed E-state index contributed by atoms with van der Waals surface area (Å²) in [6, 6.07) is 1.81. The van der Waals surface area contributed by atoms with Crippen molar-refractivity contribution in [1.29, 1.82) is 0 Å². The van der Waals surface area contributed by atoms with Gasteiger partial charge in [0.25, 0.3) is 0 Å². The molecule has 0 aliphatic carbocycles. The molecular weight excluding hydrogens is 222 g/mol. The fourth-order valence-electron chi connectivity index (χ4n) is 1.15. The number of thioether (sulfide) groups is 1. The van der Waals surface area contributed by atoms with E-state index in [1.165, 1.54) is 0 Å². The number of anilines is 2. The molecule has 0 saturated carbocycles. The van der Waals surface area contributed by atoms with Crippen LogP contribution >= 0.6 is 11.8 Å². The van der Waals surface area contributed by atoms with Crippen molar-refractivity contribution < 1.29 is 0 Å². The van der Waals surface area contributed by atoms with Gasteiger partial charge in [0.05, 0.1) is 0 Å². The maximum atomic E-state index is 5.35. The number of hydrogen-bond acceptors (Lipinski definition) is 6. The van der Waals surface area contributed by atoms with Crippen molar-refractivity contribution in [3.8, 4) is 0 Å². The molecule has 0 aromatic carbocycles. The van der Waals surface area contributed by atoms with Crippen LogP contribution in [0.2, 0.25) is 0 Å². The number of hydrazine groups is 1. The molecule has 1 rings (SSSR count). The van der Waals surface area contributed by atoms with Crippen LogP contribution in [0.25, 0.3) is 0 Å². The number of hydrogen-bond donors (Lipinski definition) is 3. The molecule has 0 saturated heterocycles. The Morgan fingerprint density at radius 2 is 2.12 bits per heavy atom. The minimum Gasteiger partial charge on any atom is -0.369 e. The molecule has 5 nitrogen and oxygen atoms in total. The fourth-order valence-corrected chi connectivity index (χ4v) is 1.40. The molecule has 90 valence electrons. The molecule has 1 unspecified atom stereocenters. The molecule has 0 aliphatic rings. The molecule has 0 bridgehead atoms. The van der Waals surface area contributed by atoms with Gasteiger partial charge in [0.15, 0.2) is 0 Å². The van der Waals surface area contributed by atoms with E-state index in [0.29, 0.717) is 11.1 Å². The van der Waals surface area contributed by atoms with Crippen LogP contribution < -0.4 is 16.6 Å². The zero-order valence-electron chi connectivity index (χ0n) is 9.95. The van der Waals surface area contributed by atoms with Crippen molar-refractivity contribution >= 4 is 23.4 Å². The third kappa shape index (κ3) is 3.86. The van der Waals surface area contributed by atoms with Crippen LogP contribution in [-0.2, 0) is 6.42 Å². The minimum absolute atomic E-state index is 0.550. The van der Waals surface area contributed by atoms with E-state index < -0.39 is 0 Å². The third-order valence-electron chi connectivity index (χ3n) is 2.21. The quantitative estimate of drug-likeness (QED) is 0.517. The zero-order valence-corrected chi connectivity index (χ0v) is 10.8. The largest absolute Gasteiger partial charge is 0.369 e. The number of nitrogen functional groups attached to an aromatic ring is 1. The number of nitrogens with two attached hydrogens (primary N) is 1. The monoisotopic (exact) mass is 241 g/mol. The van der Waals surface area contributed by atoms with Gasteiger partial charge in [-0.1, -0.05) is 13.8 Å². The molecule has 0 spiro atoms. The molecule has 6 heteroatoms. The van der Waals surface area contributed by atoms with Gasteiger partial charge in [0.2, 0.25) is 0 Å². The Hall–Kier alpha value is -1.01. The Morgan fingerprint density at radius 3 is 2.69 bits per heavy atom. The van der Waals surface area contributed by atoms with Crippen LogP contribution in [0.4, 0.5) is 11.6 Å². The van der Waals surface area contributed by atoms with Gasteiger partial charge >= 0.3 is 0 Å². The first-order valence-corrected chi connectivity index (χ1v) is 6.59. The molecule has 1 aromatic heterocycles. The van der Waals surface area contributed by atoms with Crippen LogP contribution in [0.3, 0.4) is 0 Å². The summed E-state index contributed by atoms with van der Waals surface area (Å²) in [4.78, 5) is 8.60. The molecule has 1 aromatic rings. The molecule has 4 N–H and O–H groups in total. The van der Waals surface area contributed by atoms with Gasteiger partial charge in [0.1, 0.15) is 17.5 Å². The Kier molecular flexibility index (Phi) is 5.34. The SMILES string of the molecule is CCc1nc(NN)cc(NCC(C)SC)n1. The Balaban J connectivity index is 2.71. The van der Waals surface area contributed by atoms with Crippen molar-refractivity contribution in [1.82, 2.24) is 9.97 Å². The van der Waals surface area contributed by atoms with E-state index in [1.807, 2.05) is 24.8 Å². The van der Waals surface area contributed by atoms with E-state index in [0.717, 1.165) is 24.6 Å². The van der Waals surface area contributed by atoms with E-state index in [-0.39, 0.29) is 0 Å². The molecule has 0 fully saturated rings. The standard InChI is InChI=1S/C10H19N5S/c1-4-8-13-9(5-10(14-8)15-11)12-6-7(2)16-3/h5,7H,4,6,11H2,1-3H3,(H2,12,13,14,15). The van der Waals surface area contributed by atoms with E-state index >= 15 is 0 Å². The van der Waals surface area contributed by atoms with Crippen LogP contribution in [0.15, 0.2) is 6.07 Å². The molecule has 0 radical (unpaired) electrons. The summed E-state index contributed by atoms with van der Waals surface area (Å²) in [5.41, 5.74) is 2.55. The highest BCUT2D eigenvalue weighted by Crippen LogP contribution is 2.12. The van der Waals surface area contributed by atoms with Gasteiger partial charge in [0, 0.05) is 24.3 Å². The van der Waals surface area contributed by atoms with Crippen LogP contribution in [0, 0.1) is 0 Å². The molecule has 0 amide bonds. The number of nitrogens with one attached hydrogen (secondary N) is 2. The predicted octanol–water partition coefficient (Wildman–Crippen LogP) is 1.49. The van der Waals surface area contributed by atoms with Gasteiger partial charge in [-0.15, -0.1) is 0 Å². The Morgan fingerprint density at radius 1 is 1.44 bits per heavy atom. The molecule has 16 heavy (non-hydrogen) atoms.